The van der Waals surface area contributed by atoms with Crippen LogP contribution in [0.15, 0.2) is 42.6 Å². The van der Waals surface area contributed by atoms with Crippen LogP contribution in [0.5, 0.6) is 0 Å². The number of nitrogens with one attached hydrogen (secondary N) is 2. The SMILES string of the molecule is CC(=O)c1cccc(NC(=O)c2cc(C(=O)NC(C)C)ccn2)c1. The van der Waals surface area contributed by atoms with E-state index in [2.05, 4.69) is 15.6 Å². The smallest absolute Gasteiger partial charge is 0.274 e. The van der Waals surface area contributed by atoms with Crippen LogP contribution in [-0.2, 0) is 0 Å². The topological polar surface area (TPSA) is 88.2 Å². The molecule has 6 nitrogen and oxygen atoms in total. The van der Waals surface area contributed by atoms with Crippen molar-refractivity contribution >= 4 is 23.3 Å². The van der Waals surface area contributed by atoms with Crippen LogP contribution in [0.3, 0.4) is 0 Å². The van der Waals surface area contributed by atoms with Crippen LogP contribution in [0.1, 0.15) is 52.0 Å². The lowest BCUT2D eigenvalue weighted by molar-refractivity contribution is 0.0942. The second kappa shape index (κ2) is 7.50. The van der Waals surface area contributed by atoms with Crippen LogP contribution in [0.4, 0.5) is 5.69 Å². The third-order valence-corrected chi connectivity index (χ3v) is 3.20. The highest BCUT2D eigenvalue weighted by Gasteiger charge is 2.13. The molecule has 24 heavy (non-hydrogen) atoms. The fraction of sp³-hybridized carbons (Fsp3) is 0.222. The molecule has 0 radical (unpaired) electrons. The van der Waals surface area contributed by atoms with Gasteiger partial charge in [0, 0.05) is 29.1 Å². The fourth-order valence-electron chi connectivity index (χ4n) is 2.05. The molecule has 2 amide bonds. The van der Waals surface area contributed by atoms with Gasteiger partial charge in [-0.2, -0.15) is 0 Å². The zero-order chi connectivity index (χ0) is 17.7. The average molecular weight is 325 g/mol. The fourth-order valence-corrected chi connectivity index (χ4v) is 2.05. The number of carbonyl (C=O) groups excluding carboxylic acids is 3. The zero-order valence-electron chi connectivity index (χ0n) is 13.8. The van der Waals surface area contributed by atoms with Gasteiger partial charge in [0.1, 0.15) is 5.69 Å². The van der Waals surface area contributed by atoms with Crippen LogP contribution >= 0.6 is 0 Å². The van der Waals surface area contributed by atoms with Crippen molar-refractivity contribution in [2.24, 2.45) is 0 Å². The Balaban J connectivity index is 2.17. The Hall–Kier alpha value is -3.02. The molecule has 2 rings (SSSR count). The number of benzene rings is 1. The molecule has 0 spiro atoms. The second-order valence-electron chi connectivity index (χ2n) is 5.65. The number of hydrogen-bond acceptors (Lipinski definition) is 4. The lowest BCUT2D eigenvalue weighted by Crippen LogP contribution is -2.30. The summed E-state index contributed by atoms with van der Waals surface area (Å²) in [6.45, 7) is 5.17. The standard InChI is InChI=1S/C18H19N3O3/c1-11(2)20-17(23)14-7-8-19-16(10-14)18(24)21-15-6-4-5-13(9-15)12(3)22/h4-11H,1-3H3,(H,20,23)(H,21,24). The van der Waals surface area contributed by atoms with E-state index in [0.29, 0.717) is 16.8 Å². The Morgan fingerprint density at radius 3 is 2.42 bits per heavy atom. The molecule has 1 aromatic heterocycles. The molecule has 1 heterocycles. The Labute approximate surface area is 140 Å². The first-order valence-electron chi connectivity index (χ1n) is 7.56. The highest BCUT2D eigenvalue weighted by atomic mass is 16.2. The van der Waals surface area contributed by atoms with E-state index in [4.69, 9.17) is 0 Å². The first kappa shape index (κ1) is 17.3. The minimum Gasteiger partial charge on any atom is -0.350 e. The van der Waals surface area contributed by atoms with Crippen LogP contribution in [0, 0.1) is 0 Å². The van der Waals surface area contributed by atoms with Crippen molar-refractivity contribution in [2.45, 2.75) is 26.8 Å². The maximum atomic E-state index is 12.3. The maximum Gasteiger partial charge on any atom is 0.274 e. The van der Waals surface area contributed by atoms with E-state index in [-0.39, 0.29) is 23.4 Å². The summed E-state index contributed by atoms with van der Waals surface area (Å²) < 4.78 is 0. The monoisotopic (exact) mass is 325 g/mol. The number of ketones is 1. The zero-order valence-corrected chi connectivity index (χ0v) is 13.8. The van der Waals surface area contributed by atoms with Crippen LogP contribution in [-0.4, -0.2) is 28.6 Å². The summed E-state index contributed by atoms with van der Waals surface area (Å²) in [4.78, 5) is 39.7. The molecule has 0 aliphatic rings. The van der Waals surface area contributed by atoms with Gasteiger partial charge in [-0.15, -0.1) is 0 Å². The highest BCUT2D eigenvalue weighted by Crippen LogP contribution is 2.13. The number of rotatable bonds is 5. The normalized spacial score (nSPS) is 10.3. The van der Waals surface area contributed by atoms with Crippen molar-refractivity contribution in [3.8, 4) is 0 Å². The Bertz CT molecular complexity index is 785. The van der Waals surface area contributed by atoms with E-state index in [1.165, 1.54) is 19.2 Å². The summed E-state index contributed by atoms with van der Waals surface area (Å²) in [5.41, 5.74) is 1.48. The predicted octanol–water partition coefficient (Wildman–Crippen LogP) is 2.67. The molecule has 0 bridgehead atoms. The molecule has 0 aliphatic heterocycles. The van der Waals surface area contributed by atoms with Gasteiger partial charge in [0.25, 0.3) is 11.8 Å². The van der Waals surface area contributed by atoms with Crippen LogP contribution in [0.2, 0.25) is 0 Å². The number of nitrogens with zero attached hydrogens (tertiary/aromatic N) is 1. The lowest BCUT2D eigenvalue weighted by Gasteiger charge is -2.09. The van der Waals surface area contributed by atoms with Gasteiger partial charge < -0.3 is 10.6 Å². The minimum absolute atomic E-state index is 0.00253. The first-order chi connectivity index (χ1) is 11.4. The van der Waals surface area contributed by atoms with E-state index in [0.717, 1.165) is 0 Å². The van der Waals surface area contributed by atoms with Gasteiger partial charge in [0.2, 0.25) is 0 Å². The quantitative estimate of drug-likeness (QED) is 0.827. The molecule has 2 N–H and O–H groups in total. The van der Waals surface area contributed by atoms with Crippen molar-refractivity contribution in [2.75, 3.05) is 5.32 Å². The number of aromatic nitrogens is 1. The van der Waals surface area contributed by atoms with Crippen LogP contribution < -0.4 is 10.6 Å². The summed E-state index contributed by atoms with van der Waals surface area (Å²) in [5.74, 6) is -0.800. The lowest BCUT2D eigenvalue weighted by atomic mass is 10.1. The highest BCUT2D eigenvalue weighted by molar-refractivity contribution is 6.05. The van der Waals surface area contributed by atoms with Gasteiger partial charge in [-0.3, -0.25) is 19.4 Å². The molecule has 0 aliphatic carbocycles. The van der Waals surface area contributed by atoms with E-state index in [1.807, 2.05) is 13.8 Å². The molecule has 0 fully saturated rings. The first-order valence-corrected chi connectivity index (χ1v) is 7.56. The summed E-state index contributed by atoms with van der Waals surface area (Å²) in [7, 11) is 0. The summed E-state index contributed by atoms with van der Waals surface area (Å²) in [6.07, 6.45) is 1.41. The predicted molar refractivity (Wildman–Crippen MR) is 91.2 cm³/mol. The molecule has 1 aromatic carbocycles. The van der Waals surface area contributed by atoms with E-state index in [9.17, 15) is 14.4 Å². The third kappa shape index (κ3) is 4.49. The maximum absolute atomic E-state index is 12.3. The molecule has 2 aromatic rings. The van der Waals surface area contributed by atoms with E-state index < -0.39 is 5.91 Å². The van der Waals surface area contributed by atoms with Crippen LogP contribution in [0.25, 0.3) is 0 Å². The van der Waals surface area contributed by atoms with Gasteiger partial charge in [0.05, 0.1) is 0 Å². The summed E-state index contributed by atoms with van der Waals surface area (Å²) in [5, 5.41) is 5.43. The van der Waals surface area contributed by atoms with Crippen molar-refractivity contribution in [3.63, 3.8) is 0 Å². The van der Waals surface area contributed by atoms with Gasteiger partial charge in [-0.1, -0.05) is 12.1 Å². The van der Waals surface area contributed by atoms with Gasteiger partial charge in [-0.25, -0.2) is 0 Å². The van der Waals surface area contributed by atoms with Crippen molar-refractivity contribution in [1.29, 1.82) is 0 Å². The van der Waals surface area contributed by atoms with E-state index >= 15 is 0 Å². The molecule has 124 valence electrons. The average Bonchev–Trinajstić information content (AvgIpc) is 2.54. The summed E-state index contributed by atoms with van der Waals surface area (Å²) in [6, 6.07) is 9.61. The Kier molecular flexibility index (Phi) is 5.42. The number of amides is 2. The van der Waals surface area contributed by atoms with Gasteiger partial charge >= 0.3 is 0 Å². The molecule has 0 atom stereocenters. The Morgan fingerprint density at radius 1 is 1.00 bits per heavy atom. The molecule has 0 unspecified atom stereocenters. The number of anilines is 1. The molecule has 6 heteroatoms. The van der Waals surface area contributed by atoms with E-state index in [1.54, 1.807) is 30.3 Å². The molecular formula is C18H19N3O3. The van der Waals surface area contributed by atoms with Gasteiger partial charge in [-0.05, 0) is 45.0 Å². The van der Waals surface area contributed by atoms with Crippen molar-refractivity contribution in [3.05, 3.63) is 59.4 Å². The minimum atomic E-state index is -0.449. The molecular weight excluding hydrogens is 306 g/mol. The van der Waals surface area contributed by atoms with Crippen molar-refractivity contribution in [1.82, 2.24) is 10.3 Å². The summed E-state index contributed by atoms with van der Waals surface area (Å²) >= 11 is 0. The van der Waals surface area contributed by atoms with Gasteiger partial charge in [0.15, 0.2) is 5.78 Å². The largest absolute Gasteiger partial charge is 0.350 e. The second-order valence-corrected chi connectivity index (χ2v) is 5.65. The Morgan fingerprint density at radius 2 is 1.75 bits per heavy atom. The number of hydrogen-bond donors (Lipinski definition) is 2. The molecule has 0 saturated carbocycles. The van der Waals surface area contributed by atoms with Crippen molar-refractivity contribution < 1.29 is 14.4 Å². The third-order valence-electron chi connectivity index (χ3n) is 3.20. The molecule has 0 saturated heterocycles. The number of carbonyl (C=O) groups is 3. The number of Topliss-reactive ketones (excluding diaryl/α,β-unsaturated/α-hetero) is 1. The number of pyridine rings is 1.